The quantitative estimate of drug-likeness (QED) is 0.725. The maximum atomic E-state index is 12.5. The second-order valence-corrected chi connectivity index (χ2v) is 4.90. The molecule has 0 aromatic heterocycles. The lowest BCUT2D eigenvalue weighted by atomic mass is 9.78. The Morgan fingerprint density at radius 3 is 2.44 bits per heavy atom. The van der Waals surface area contributed by atoms with Crippen LogP contribution in [0.2, 0.25) is 0 Å². The lowest BCUT2D eigenvalue weighted by Crippen LogP contribution is -2.33. The van der Waals surface area contributed by atoms with Crippen molar-refractivity contribution < 1.29 is 18.3 Å². The van der Waals surface area contributed by atoms with E-state index in [0.29, 0.717) is 12.8 Å². The highest BCUT2D eigenvalue weighted by Gasteiger charge is 2.43. The molecule has 0 bridgehead atoms. The normalized spacial score (nSPS) is 28.6. The predicted molar refractivity (Wildman–Crippen MR) is 56.9 cm³/mol. The van der Waals surface area contributed by atoms with Crippen LogP contribution in [-0.4, -0.2) is 17.4 Å². The summed E-state index contributed by atoms with van der Waals surface area (Å²) in [6.07, 6.45) is -1.65. The van der Waals surface area contributed by atoms with Gasteiger partial charge >= 0.3 is 6.18 Å². The third-order valence-corrected chi connectivity index (χ3v) is 3.16. The minimum Gasteiger partial charge on any atom is -0.389 e. The minimum absolute atomic E-state index is 0.0639. The van der Waals surface area contributed by atoms with Gasteiger partial charge in [0.05, 0.1) is 12.0 Å². The highest BCUT2D eigenvalue weighted by Crippen LogP contribution is 2.41. The second-order valence-electron chi connectivity index (χ2n) is 4.90. The number of aliphatic hydroxyl groups is 1. The van der Waals surface area contributed by atoms with Crippen LogP contribution in [0.4, 0.5) is 13.2 Å². The number of hydrogen-bond acceptors (Lipinski definition) is 1. The Morgan fingerprint density at radius 2 is 1.94 bits per heavy atom. The van der Waals surface area contributed by atoms with Crippen molar-refractivity contribution >= 4 is 0 Å². The van der Waals surface area contributed by atoms with Crippen molar-refractivity contribution in [2.45, 2.75) is 51.8 Å². The lowest BCUT2D eigenvalue weighted by molar-refractivity contribution is -0.187. The first-order valence-electron chi connectivity index (χ1n) is 5.70. The van der Waals surface area contributed by atoms with Crippen molar-refractivity contribution in [1.29, 1.82) is 0 Å². The highest BCUT2D eigenvalue weighted by molar-refractivity contribution is 5.00. The predicted octanol–water partition coefficient (Wildman–Crippen LogP) is 3.68. The van der Waals surface area contributed by atoms with E-state index in [1.807, 2.05) is 13.8 Å². The zero-order chi connectivity index (χ0) is 12.3. The van der Waals surface area contributed by atoms with Gasteiger partial charge in [-0.3, -0.25) is 0 Å². The summed E-state index contributed by atoms with van der Waals surface area (Å²) in [5.74, 6) is -1.47. The van der Waals surface area contributed by atoms with Crippen molar-refractivity contribution in [1.82, 2.24) is 0 Å². The van der Waals surface area contributed by atoms with E-state index in [0.717, 1.165) is 5.57 Å². The van der Waals surface area contributed by atoms with Gasteiger partial charge in [-0.15, -0.1) is 0 Å². The van der Waals surface area contributed by atoms with Gasteiger partial charge in [0.2, 0.25) is 0 Å². The molecule has 4 heteroatoms. The third kappa shape index (κ3) is 3.81. The molecule has 0 aromatic rings. The summed E-state index contributed by atoms with van der Waals surface area (Å²) in [4.78, 5) is 0. The van der Waals surface area contributed by atoms with E-state index in [1.54, 1.807) is 6.08 Å². The van der Waals surface area contributed by atoms with E-state index >= 15 is 0 Å². The van der Waals surface area contributed by atoms with Crippen LogP contribution in [0.15, 0.2) is 11.6 Å². The summed E-state index contributed by atoms with van der Waals surface area (Å²) < 4.78 is 37.6. The van der Waals surface area contributed by atoms with Crippen LogP contribution in [0.5, 0.6) is 0 Å². The number of halogens is 3. The van der Waals surface area contributed by atoms with E-state index in [-0.39, 0.29) is 18.8 Å². The minimum atomic E-state index is -4.11. The van der Waals surface area contributed by atoms with Gasteiger partial charge < -0.3 is 5.11 Å². The smallest absolute Gasteiger partial charge is 0.389 e. The molecule has 0 spiro atoms. The SMILES string of the molecule is CC(C)=CC(O)C1CCCC(C(F)(F)F)C1. The molecule has 1 aliphatic carbocycles. The standard InChI is InChI=1S/C12H19F3O/c1-8(2)6-11(16)9-4-3-5-10(7-9)12(13,14)15/h6,9-11,16H,3-5,7H2,1-2H3. The molecule has 0 aromatic carbocycles. The molecule has 1 rings (SSSR count). The first-order valence-corrected chi connectivity index (χ1v) is 5.70. The Hall–Kier alpha value is -0.510. The summed E-state index contributed by atoms with van der Waals surface area (Å²) in [7, 11) is 0. The first kappa shape index (κ1) is 13.6. The molecular formula is C12H19F3O. The molecule has 1 nitrogen and oxygen atoms in total. The fourth-order valence-electron chi connectivity index (χ4n) is 2.31. The number of aliphatic hydroxyl groups excluding tert-OH is 1. The molecule has 1 fully saturated rings. The first-order chi connectivity index (χ1) is 7.30. The summed E-state index contributed by atoms with van der Waals surface area (Å²) in [5, 5.41) is 9.78. The van der Waals surface area contributed by atoms with E-state index in [1.165, 1.54) is 0 Å². The highest BCUT2D eigenvalue weighted by atomic mass is 19.4. The Balaban J connectivity index is 2.60. The van der Waals surface area contributed by atoms with Gasteiger partial charge in [0.1, 0.15) is 0 Å². The van der Waals surface area contributed by atoms with Crippen LogP contribution >= 0.6 is 0 Å². The molecular weight excluding hydrogens is 217 g/mol. The number of rotatable bonds is 2. The average molecular weight is 236 g/mol. The molecule has 94 valence electrons. The molecule has 0 saturated heterocycles. The van der Waals surface area contributed by atoms with Crippen LogP contribution in [-0.2, 0) is 0 Å². The maximum Gasteiger partial charge on any atom is 0.391 e. The van der Waals surface area contributed by atoms with Crippen molar-refractivity contribution in [2.75, 3.05) is 0 Å². The van der Waals surface area contributed by atoms with Gasteiger partial charge in [-0.1, -0.05) is 18.1 Å². The molecule has 3 unspecified atom stereocenters. The average Bonchev–Trinajstić information content (AvgIpc) is 2.15. The van der Waals surface area contributed by atoms with Crippen molar-refractivity contribution in [3.05, 3.63) is 11.6 Å². The lowest BCUT2D eigenvalue weighted by Gasteiger charge is -2.32. The van der Waals surface area contributed by atoms with Crippen LogP contribution in [0.25, 0.3) is 0 Å². The molecule has 0 radical (unpaired) electrons. The van der Waals surface area contributed by atoms with Gasteiger partial charge in [-0.05, 0) is 39.0 Å². The summed E-state index contributed by atoms with van der Waals surface area (Å²) in [6.45, 7) is 3.68. The summed E-state index contributed by atoms with van der Waals surface area (Å²) in [6, 6.07) is 0. The fraction of sp³-hybridized carbons (Fsp3) is 0.833. The van der Waals surface area contributed by atoms with Crippen molar-refractivity contribution in [3.63, 3.8) is 0 Å². The van der Waals surface area contributed by atoms with Crippen LogP contribution in [0.1, 0.15) is 39.5 Å². The topological polar surface area (TPSA) is 20.2 Å². The van der Waals surface area contributed by atoms with Crippen molar-refractivity contribution in [2.24, 2.45) is 11.8 Å². The molecule has 1 N–H and O–H groups in total. The Labute approximate surface area is 94.3 Å². The maximum absolute atomic E-state index is 12.5. The second kappa shape index (κ2) is 5.21. The summed E-state index contributed by atoms with van der Waals surface area (Å²) >= 11 is 0. The molecule has 0 aliphatic heterocycles. The zero-order valence-electron chi connectivity index (χ0n) is 9.72. The number of hydrogen-bond donors (Lipinski definition) is 1. The number of allylic oxidation sites excluding steroid dienone is 1. The Morgan fingerprint density at radius 1 is 1.31 bits per heavy atom. The third-order valence-electron chi connectivity index (χ3n) is 3.16. The molecule has 1 aliphatic rings. The van der Waals surface area contributed by atoms with Crippen LogP contribution in [0.3, 0.4) is 0 Å². The molecule has 3 atom stereocenters. The van der Waals surface area contributed by atoms with Gasteiger partial charge in [0.15, 0.2) is 0 Å². The van der Waals surface area contributed by atoms with E-state index in [2.05, 4.69) is 0 Å². The molecule has 16 heavy (non-hydrogen) atoms. The molecule has 0 heterocycles. The van der Waals surface area contributed by atoms with E-state index in [4.69, 9.17) is 0 Å². The monoisotopic (exact) mass is 236 g/mol. The van der Waals surface area contributed by atoms with Gasteiger partial charge in [0.25, 0.3) is 0 Å². The largest absolute Gasteiger partial charge is 0.391 e. The van der Waals surface area contributed by atoms with Gasteiger partial charge in [-0.2, -0.15) is 13.2 Å². The Kier molecular flexibility index (Phi) is 4.42. The van der Waals surface area contributed by atoms with Gasteiger partial charge in [0, 0.05) is 0 Å². The zero-order valence-corrected chi connectivity index (χ0v) is 9.72. The van der Waals surface area contributed by atoms with E-state index < -0.39 is 18.2 Å². The van der Waals surface area contributed by atoms with Crippen molar-refractivity contribution in [3.8, 4) is 0 Å². The Bertz CT molecular complexity index is 253. The molecule has 1 saturated carbocycles. The molecule has 0 amide bonds. The van der Waals surface area contributed by atoms with E-state index in [9.17, 15) is 18.3 Å². The van der Waals surface area contributed by atoms with Gasteiger partial charge in [-0.25, -0.2) is 0 Å². The number of alkyl halides is 3. The van der Waals surface area contributed by atoms with Crippen LogP contribution < -0.4 is 0 Å². The fourth-order valence-corrected chi connectivity index (χ4v) is 2.31. The van der Waals surface area contributed by atoms with Crippen LogP contribution in [0, 0.1) is 11.8 Å². The summed E-state index contributed by atoms with van der Waals surface area (Å²) in [5.41, 5.74) is 0.946.